The summed E-state index contributed by atoms with van der Waals surface area (Å²) >= 11 is 0. The van der Waals surface area contributed by atoms with Gasteiger partial charge in [-0.2, -0.15) is 13.2 Å². The van der Waals surface area contributed by atoms with Gasteiger partial charge in [0.2, 0.25) is 0 Å². The molecular weight excluding hydrogens is 261 g/mol. The monoisotopic (exact) mass is 282 g/mol. The molecule has 8 heteroatoms. The maximum absolute atomic E-state index is 12.8. The Morgan fingerprint density at radius 3 is 2.32 bits per heavy atom. The number of alkyl halides is 3. The van der Waals surface area contributed by atoms with Crippen LogP contribution in [0.15, 0.2) is 5.16 Å². The van der Waals surface area contributed by atoms with Crippen LogP contribution in [0.1, 0.15) is 12.8 Å². The standard InChI is InChI=1S/C11H21F3N4O/c1-17(2)8-3-5-18(6-4-8)7-9(10(15)16-19)11(12,13)14/h8-9,19H,3-7H2,1-2H3,(H2,15,16). The Morgan fingerprint density at radius 2 is 1.95 bits per heavy atom. The highest BCUT2D eigenvalue weighted by molar-refractivity contribution is 5.83. The van der Waals surface area contributed by atoms with Gasteiger partial charge in [0, 0.05) is 12.6 Å². The van der Waals surface area contributed by atoms with E-state index in [2.05, 4.69) is 10.1 Å². The number of hydrogen-bond donors (Lipinski definition) is 2. The third kappa shape index (κ3) is 4.54. The van der Waals surface area contributed by atoms with Crippen molar-refractivity contribution in [1.82, 2.24) is 9.80 Å². The number of likely N-dealkylation sites (tertiary alicyclic amines) is 1. The topological polar surface area (TPSA) is 65.1 Å². The molecule has 1 aliphatic rings. The third-order valence-electron chi connectivity index (χ3n) is 3.60. The molecule has 1 heterocycles. The maximum atomic E-state index is 12.8. The minimum atomic E-state index is -4.49. The van der Waals surface area contributed by atoms with E-state index in [0.29, 0.717) is 19.1 Å². The van der Waals surface area contributed by atoms with E-state index >= 15 is 0 Å². The largest absolute Gasteiger partial charge is 0.409 e. The molecule has 0 aromatic carbocycles. The van der Waals surface area contributed by atoms with Gasteiger partial charge in [0.1, 0.15) is 5.92 Å². The van der Waals surface area contributed by atoms with E-state index in [4.69, 9.17) is 10.9 Å². The summed E-state index contributed by atoms with van der Waals surface area (Å²) in [5.41, 5.74) is 5.14. The summed E-state index contributed by atoms with van der Waals surface area (Å²) in [4.78, 5) is 3.80. The fourth-order valence-corrected chi connectivity index (χ4v) is 2.31. The number of oxime groups is 1. The van der Waals surface area contributed by atoms with Crippen molar-refractivity contribution >= 4 is 5.84 Å². The summed E-state index contributed by atoms with van der Waals surface area (Å²) in [6.45, 7) is 0.932. The Labute approximate surface area is 110 Å². The van der Waals surface area contributed by atoms with Crippen molar-refractivity contribution in [3.63, 3.8) is 0 Å². The lowest BCUT2D eigenvalue weighted by Gasteiger charge is -2.36. The van der Waals surface area contributed by atoms with Gasteiger partial charge in [-0.1, -0.05) is 5.16 Å². The summed E-state index contributed by atoms with van der Waals surface area (Å²) in [7, 11) is 3.94. The molecule has 1 aliphatic heterocycles. The van der Waals surface area contributed by atoms with Crippen molar-refractivity contribution in [3.8, 4) is 0 Å². The number of amidine groups is 1. The minimum Gasteiger partial charge on any atom is -0.409 e. The predicted octanol–water partition coefficient (Wildman–Crippen LogP) is 0.937. The van der Waals surface area contributed by atoms with Crippen LogP contribution in [0, 0.1) is 5.92 Å². The molecule has 19 heavy (non-hydrogen) atoms. The van der Waals surface area contributed by atoms with Crippen LogP contribution in [0.2, 0.25) is 0 Å². The highest BCUT2D eigenvalue weighted by Crippen LogP contribution is 2.28. The zero-order valence-electron chi connectivity index (χ0n) is 11.2. The van der Waals surface area contributed by atoms with Crippen molar-refractivity contribution in [2.24, 2.45) is 16.8 Å². The minimum absolute atomic E-state index is 0.250. The number of halogens is 3. The summed E-state index contributed by atoms with van der Waals surface area (Å²) in [5, 5.41) is 11.0. The van der Waals surface area contributed by atoms with E-state index in [-0.39, 0.29) is 6.54 Å². The predicted molar refractivity (Wildman–Crippen MR) is 66.1 cm³/mol. The molecule has 0 aromatic heterocycles. The van der Waals surface area contributed by atoms with Gasteiger partial charge in [0.15, 0.2) is 5.84 Å². The number of nitrogens with zero attached hydrogens (tertiary/aromatic N) is 3. The quantitative estimate of drug-likeness (QED) is 0.348. The van der Waals surface area contributed by atoms with Gasteiger partial charge < -0.3 is 20.7 Å². The summed E-state index contributed by atoms with van der Waals surface area (Å²) in [5.74, 6) is -2.68. The lowest BCUT2D eigenvalue weighted by Crippen LogP contribution is -2.48. The average molecular weight is 282 g/mol. The molecule has 5 nitrogen and oxygen atoms in total. The van der Waals surface area contributed by atoms with E-state index in [9.17, 15) is 13.2 Å². The molecule has 0 saturated carbocycles. The van der Waals surface area contributed by atoms with Crippen molar-refractivity contribution in [2.45, 2.75) is 25.1 Å². The lowest BCUT2D eigenvalue weighted by molar-refractivity contribution is -0.161. The van der Waals surface area contributed by atoms with Crippen LogP contribution in [-0.4, -0.2) is 66.8 Å². The molecule has 0 aliphatic carbocycles. The number of hydrogen-bond acceptors (Lipinski definition) is 4. The molecule has 0 bridgehead atoms. The Bertz CT molecular complexity index is 312. The van der Waals surface area contributed by atoms with Crippen LogP contribution in [0.25, 0.3) is 0 Å². The summed E-state index contributed by atoms with van der Waals surface area (Å²) in [6, 6.07) is 0.407. The Hall–Kier alpha value is -1.02. The fourth-order valence-electron chi connectivity index (χ4n) is 2.31. The van der Waals surface area contributed by atoms with Crippen molar-refractivity contribution < 1.29 is 18.4 Å². The van der Waals surface area contributed by atoms with Crippen LogP contribution in [-0.2, 0) is 0 Å². The molecule has 0 radical (unpaired) electrons. The fraction of sp³-hybridized carbons (Fsp3) is 0.909. The molecule has 0 amide bonds. The average Bonchev–Trinajstić information content (AvgIpc) is 2.34. The highest BCUT2D eigenvalue weighted by atomic mass is 19.4. The van der Waals surface area contributed by atoms with Gasteiger partial charge in [-0.3, -0.25) is 0 Å². The van der Waals surface area contributed by atoms with Crippen LogP contribution in [0.3, 0.4) is 0 Å². The van der Waals surface area contributed by atoms with Crippen molar-refractivity contribution in [1.29, 1.82) is 0 Å². The molecule has 1 rings (SSSR count). The van der Waals surface area contributed by atoms with E-state index in [1.54, 1.807) is 4.90 Å². The van der Waals surface area contributed by atoms with E-state index in [1.165, 1.54) is 0 Å². The molecule has 1 fully saturated rings. The second kappa shape index (κ2) is 6.42. The van der Waals surface area contributed by atoms with Gasteiger partial charge in [0.05, 0.1) is 0 Å². The SMILES string of the molecule is CN(C)C1CCN(CC(C(N)=NO)C(F)(F)F)CC1. The summed E-state index contributed by atoms with van der Waals surface area (Å²) in [6.07, 6.45) is -2.84. The third-order valence-corrected chi connectivity index (χ3v) is 3.60. The molecule has 1 saturated heterocycles. The van der Waals surface area contributed by atoms with Gasteiger partial charge in [-0.05, 0) is 40.0 Å². The molecule has 1 unspecified atom stereocenters. The normalized spacial score (nSPS) is 21.9. The molecular formula is C11H21F3N4O. The highest BCUT2D eigenvalue weighted by Gasteiger charge is 2.44. The number of rotatable bonds is 4. The van der Waals surface area contributed by atoms with Gasteiger partial charge in [0.25, 0.3) is 0 Å². The first-order chi connectivity index (χ1) is 8.75. The lowest BCUT2D eigenvalue weighted by atomic mass is 10.0. The first kappa shape index (κ1) is 16.0. The Balaban J connectivity index is 2.58. The van der Waals surface area contributed by atoms with Crippen molar-refractivity contribution in [3.05, 3.63) is 0 Å². The van der Waals surface area contributed by atoms with Crippen LogP contribution < -0.4 is 5.73 Å². The van der Waals surface area contributed by atoms with E-state index < -0.39 is 17.9 Å². The van der Waals surface area contributed by atoms with Gasteiger partial charge >= 0.3 is 6.18 Å². The number of nitrogens with two attached hydrogens (primary N) is 1. The second-order valence-electron chi connectivity index (χ2n) is 5.11. The van der Waals surface area contributed by atoms with E-state index in [0.717, 1.165) is 12.8 Å². The smallest absolute Gasteiger partial charge is 0.400 e. The Morgan fingerprint density at radius 1 is 1.42 bits per heavy atom. The van der Waals surface area contributed by atoms with Gasteiger partial charge in [-0.15, -0.1) is 0 Å². The molecule has 1 atom stereocenters. The molecule has 112 valence electrons. The van der Waals surface area contributed by atoms with Crippen molar-refractivity contribution in [2.75, 3.05) is 33.7 Å². The first-order valence-electron chi connectivity index (χ1n) is 6.18. The van der Waals surface area contributed by atoms with Crippen LogP contribution >= 0.6 is 0 Å². The zero-order chi connectivity index (χ0) is 14.6. The molecule has 0 spiro atoms. The van der Waals surface area contributed by atoms with Crippen LogP contribution in [0.4, 0.5) is 13.2 Å². The first-order valence-corrected chi connectivity index (χ1v) is 6.18. The maximum Gasteiger partial charge on any atom is 0.400 e. The van der Waals surface area contributed by atoms with Gasteiger partial charge in [-0.25, -0.2) is 0 Å². The van der Waals surface area contributed by atoms with E-state index in [1.807, 2.05) is 14.1 Å². The van der Waals surface area contributed by atoms with Crippen LogP contribution in [0.5, 0.6) is 0 Å². The number of piperidine rings is 1. The Kier molecular flexibility index (Phi) is 5.42. The molecule has 0 aromatic rings. The zero-order valence-corrected chi connectivity index (χ0v) is 11.2. The second-order valence-corrected chi connectivity index (χ2v) is 5.11. The summed E-state index contributed by atoms with van der Waals surface area (Å²) < 4.78 is 38.4. The molecule has 3 N–H and O–H groups in total.